The Morgan fingerprint density at radius 1 is 1.24 bits per heavy atom. The van der Waals surface area contributed by atoms with E-state index in [0.29, 0.717) is 18.4 Å². The molecular formula is C17H27ClN2O. The van der Waals surface area contributed by atoms with Crippen molar-refractivity contribution in [3.05, 3.63) is 35.4 Å². The van der Waals surface area contributed by atoms with E-state index < -0.39 is 0 Å². The topological polar surface area (TPSA) is 55.1 Å². The summed E-state index contributed by atoms with van der Waals surface area (Å²) in [5.74, 6) is 0.959. The SMILES string of the molecule is CC(C)c1ccc(C(=O)NC2CCCCC2CN)cc1.Cl. The van der Waals surface area contributed by atoms with Crippen molar-refractivity contribution < 1.29 is 4.79 Å². The largest absolute Gasteiger partial charge is 0.349 e. The number of nitrogens with one attached hydrogen (secondary N) is 1. The second kappa shape index (κ2) is 8.40. The molecule has 1 aromatic carbocycles. The van der Waals surface area contributed by atoms with E-state index in [1.165, 1.54) is 18.4 Å². The highest BCUT2D eigenvalue weighted by atomic mass is 35.5. The van der Waals surface area contributed by atoms with E-state index in [-0.39, 0.29) is 24.4 Å². The first-order chi connectivity index (χ1) is 9.61. The molecule has 118 valence electrons. The number of benzene rings is 1. The van der Waals surface area contributed by atoms with E-state index in [4.69, 9.17) is 5.73 Å². The van der Waals surface area contributed by atoms with Crippen molar-refractivity contribution in [3.8, 4) is 0 Å². The zero-order valence-electron chi connectivity index (χ0n) is 13.0. The molecule has 3 nitrogen and oxygen atoms in total. The van der Waals surface area contributed by atoms with Gasteiger partial charge >= 0.3 is 0 Å². The molecule has 1 saturated carbocycles. The highest BCUT2D eigenvalue weighted by molar-refractivity contribution is 5.94. The minimum absolute atomic E-state index is 0. The van der Waals surface area contributed by atoms with Crippen LogP contribution in [0.2, 0.25) is 0 Å². The van der Waals surface area contributed by atoms with E-state index in [1.54, 1.807) is 0 Å². The number of nitrogens with two attached hydrogens (primary N) is 1. The lowest BCUT2D eigenvalue weighted by Gasteiger charge is -2.31. The fraction of sp³-hybridized carbons (Fsp3) is 0.588. The summed E-state index contributed by atoms with van der Waals surface area (Å²) in [6.07, 6.45) is 4.61. The molecule has 3 N–H and O–H groups in total. The van der Waals surface area contributed by atoms with Crippen LogP contribution < -0.4 is 11.1 Å². The Labute approximate surface area is 134 Å². The van der Waals surface area contributed by atoms with Gasteiger partial charge in [-0.3, -0.25) is 4.79 Å². The van der Waals surface area contributed by atoms with Crippen LogP contribution in [0.5, 0.6) is 0 Å². The van der Waals surface area contributed by atoms with Crippen LogP contribution in [-0.4, -0.2) is 18.5 Å². The summed E-state index contributed by atoms with van der Waals surface area (Å²) in [6, 6.07) is 8.17. The number of carbonyl (C=O) groups is 1. The Kier molecular flexibility index (Phi) is 7.20. The molecule has 1 fully saturated rings. The predicted molar refractivity (Wildman–Crippen MR) is 90.0 cm³/mol. The van der Waals surface area contributed by atoms with Crippen LogP contribution in [0.1, 0.15) is 61.4 Å². The van der Waals surface area contributed by atoms with Crippen molar-refractivity contribution in [1.82, 2.24) is 5.32 Å². The fourth-order valence-corrected chi connectivity index (χ4v) is 2.95. The fourth-order valence-electron chi connectivity index (χ4n) is 2.95. The van der Waals surface area contributed by atoms with Crippen LogP contribution in [0, 0.1) is 5.92 Å². The van der Waals surface area contributed by atoms with Crippen LogP contribution in [0.4, 0.5) is 0 Å². The quantitative estimate of drug-likeness (QED) is 0.894. The van der Waals surface area contributed by atoms with Crippen molar-refractivity contribution in [3.63, 3.8) is 0 Å². The molecule has 2 atom stereocenters. The first-order valence-corrected chi connectivity index (χ1v) is 7.72. The van der Waals surface area contributed by atoms with Crippen molar-refractivity contribution in [1.29, 1.82) is 0 Å². The molecule has 0 saturated heterocycles. The van der Waals surface area contributed by atoms with Gasteiger partial charge in [0.05, 0.1) is 0 Å². The van der Waals surface area contributed by atoms with Gasteiger partial charge in [0.15, 0.2) is 0 Å². The van der Waals surface area contributed by atoms with Gasteiger partial charge in [-0.2, -0.15) is 0 Å². The minimum atomic E-state index is 0. The van der Waals surface area contributed by atoms with Crippen LogP contribution in [0.15, 0.2) is 24.3 Å². The number of hydrogen-bond donors (Lipinski definition) is 2. The van der Waals surface area contributed by atoms with Gasteiger partial charge in [0.2, 0.25) is 0 Å². The molecule has 4 heteroatoms. The van der Waals surface area contributed by atoms with Crippen LogP contribution in [0.3, 0.4) is 0 Å². The van der Waals surface area contributed by atoms with E-state index in [2.05, 4.69) is 19.2 Å². The van der Waals surface area contributed by atoms with Gasteiger partial charge in [-0.15, -0.1) is 12.4 Å². The Morgan fingerprint density at radius 2 is 1.86 bits per heavy atom. The Hall–Kier alpha value is -1.06. The van der Waals surface area contributed by atoms with Gasteiger partial charge in [0.25, 0.3) is 5.91 Å². The van der Waals surface area contributed by atoms with Crippen molar-refractivity contribution in [2.24, 2.45) is 11.7 Å². The minimum Gasteiger partial charge on any atom is -0.349 e. The average Bonchev–Trinajstić information content (AvgIpc) is 2.48. The second-order valence-electron chi connectivity index (χ2n) is 6.14. The first-order valence-electron chi connectivity index (χ1n) is 7.72. The molecular weight excluding hydrogens is 284 g/mol. The Morgan fingerprint density at radius 3 is 2.43 bits per heavy atom. The first kappa shape index (κ1) is 18.0. The third-order valence-electron chi connectivity index (χ3n) is 4.37. The molecule has 21 heavy (non-hydrogen) atoms. The lowest BCUT2D eigenvalue weighted by Crippen LogP contribution is -2.44. The molecule has 1 aliphatic rings. The summed E-state index contributed by atoms with van der Waals surface area (Å²) in [6.45, 7) is 4.98. The molecule has 1 aliphatic carbocycles. The summed E-state index contributed by atoms with van der Waals surface area (Å²) in [7, 11) is 0. The number of carbonyl (C=O) groups excluding carboxylic acids is 1. The highest BCUT2D eigenvalue weighted by Crippen LogP contribution is 2.24. The standard InChI is InChI=1S/C17H26N2O.ClH/c1-12(2)13-7-9-14(10-8-13)17(20)19-16-6-4-3-5-15(16)11-18;/h7-10,12,15-16H,3-6,11,18H2,1-2H3,(H,19,20);1H. The number of hydrogen-bond acceptors (Lipinski definition) is 2. The smallest absolute Gasteiger partial charge is 0.251 e. The van der Waals surface area contributed by atoms with E-state index in [1.807, 2.05) is 24.3 Å². The Bertz CT molecular complexity index is 445. The molecule has 1 aromatic rings. The molecule has 0 spiro atoms. The summed E-state index contributed by atoms with van der Waals surface area (Å²) < 4.78 is 0. The summed E-state index contributed by atoms with van der Waals surface area (Å²) in [5.41, 5.74) is 7.82. The van der Waals surface area contributed by atoms with Crippen LogP contribution in [0.25, 0.3) is 0 Å². The number of rotatable bonds is 4. The second-order valence-corrected chi connectivity index (χ2v) is 6.14. The summed E-state index contributed by atoms with van der Waals surface area (Å²) >= 11 is 0. The predicted octanol–water partition coefficient (Wildman–Crippen LogP) is 3.48. The van der Waals surface area contributed by atoms with Gasteiger partial charge in [-0.25, -0.2) is 0 Å². The lowest BCUT2D eigenvalue weighted by atomic mass is 9.84. The lowest BCUT2D eigenvalue weighted by molar-refractivity contribution is 0.0908. The maximum absolute atomic E-state index is 12.3. The molecule has 0 aromatic heterocycles. The molecule has 1 amide bonds. The van der Waals surface area contributed by atoms with Crippen LogP contribution >= 0.6 is 12.4 Å². The van der Waals surface area contributed by atoms with Crippen molar-refractivity contribution >= 4 is 18.3 Å². The number of amides is 1. The molecule has 0 heterocycles. The van der Waals surface area contributed by atoms with E-state index in [9.17, 15) is 4.79 Å². The van der Waals surface area contributed by atoms with Crippen molar-refractivity contribution in [2.45, 2.75) is 51.5 Å². The molecule has 0 bridgehead atoms. The zero-order valence-corrected chi connectivity index (χ0v) is 13.8. The van der Waals surface area contributed by atoms with Gasteiger partial charge in [-0.05, 0) is 48.9 Å². The maximum Gasteiger partial charge on any atom is 0.251 e. The van der Waals surface area contributed by atoms with Crippen LogP contribution in [-0.2, 0) is 0 Å². The maximum atomic E-state index is 12.3. The summed E-state index contributed by atoms with van der Waals surface area (Å²) in [5, 5.41) is 3.17. The average molecular weight is 311 g/mol. The molecule has 0 radical (unpaired) electrons. The zero-order chi connectivity index (χ0) is 14.5. The van der Waals surface area contributed by atoms with Crippen molar-refractivity contribution in [2.75, 3.05) is 6.54 Å². The van der Waals surface area contributed by atoms with Gasteiger partial charge in [-0.1, -0.05) is 38.8 Å². The normalized spacial score (nSPS) is 21.7. The molecule has 0 aliphatic heterocycles. The van der Waals surface area contributed by atoms with E-state index in [0.717, 1.165) is 18.4 Å². The number of halogens is 1. The summed E-state index contributed by atoms with van der Waals surface area (Å²) in [4.78, 5) is 12.3. The third-order valence-corrected chi connectivity index (χ3v) is 4.37. The molecule has 2 rings (SSSR count). The molecule has 2 unspecified atom stereocenters. The monoisotopic (exact) mass is 310 g/mol. The van der Waals surface area contributed by atoms with Gasteiger partial charge in [0.1, 0.15) is 0 Å². The third kappa shape index (κ3) is 4.72. The van der Waals surface area contributed by atoms with Gasteiger partial charge < -0.3 is 11.1 Å². The van der Waals surface area contributed by atoms with E-state index >= 15 is 0 Å². The van der Waals surface area contributed by atoms with Gasteiger partial charge in [0, 0.05) is 11.6 Å². The Balaban J connectivity index is 0.00000220. The highest BCUT2D eigenvalue weighted by Gasteiger charge is 2.25.